The van der Waals surface area contributed by atoms with Crippen molar-refractivity contribution in [2.75, 3.05) is 7.11 Å². The van der Waals surface area contributed by atoms with Crippen molar-refractivity contribution in [3.63, 3.8) is 0 Å². The zero-order valence-electron chi connectivity index (χ0n) is 16.8. The number of methoxy groups -OCH3 is 1. The van der Waals surface area contributed by atoms with E-state index in [-0.39, 0.29) is 12.3 Å². The van der Waals surface area contributed by atoms with Crippen molar-refractivity contribution in [1.29, 1.82) is 0 Å². The zero-order valence-corrected chi connectivity index (χ0v) is 20.0. The highest BCUT2D eigenvalue weighted by atomic mass is 79.9. The van der Waals surface area contributed by atoms with Crippen LogP contribution in [0.5, 0.6) is 0 Å². The highest BCUT2D eigenvalue weighted by Crippen LogP contribution is 2.28. The quantitative estimate of drug-likeness (QED) is 0.454. The van der Waals surface area contributed by atoms with E-state index in [0.29, 0.717) is 30.1 Å². The summed E-state index contributed by atoms with van der Waals surface area (Å²) >= 11 is 11.1. The number of fused-ring (bicyclic) bond motifs is 1. The van der Waals surface area contributed by atoms with Crippen LogP contribution in [0.3, 0.4) is 0 Å². The molecular weight excluding hydrogens is 500 g/mol. The molecule has 4 rings (SSSR count). The number of benzene rings is 2. The number of nitrogens with zero attached hydrogens (tertiary/aromatic N) is 2. The van der Waals surface area contributed by atoms with Gasteiger partial charge in [-0.05, 0) is 41.0 Å². The van der Waals surface area contributed by atoms with E-state index >= 15 is 0 Å². The summed E-state index contributed by atoms with van der Waals surface area (Å²) in [6, 6.07) is 13.0. The van der Waals surface area contributed by atoms with E-state index in [2.05, 4.69) is 20.9 Å². The fourth-order valence-electron chi connectivity index (χ4n) is 3.75. The Labute approximate surface area is 198 Å². The third-order valence-corrected chi connectivity index (χ3v) is 6.89. The minimum atomic E-state index is -0.629. The van der Waals surface area contributed by atoms with Gasteiger partial charge in [0.05, 0.1) is 24.2 Å². The highest BCUT2D eigenvalue weighted by molar-refractivity contribution is 9.10. The number of aromatic nitrogens is 1. The molecule has 0 saturated carbocycles. The lowest BCUT2D eigenvalue weighted by molar-refractivity contribution is -0.153. The van der Waals surface area contributed by atoms with Crippen LogP contribution < -0.4 is 0 Å². The predicted molar refractivity (Wildman–Crippen MR) is 124 cm³/mol. The second-order valence-corrected chi connectivity index (χ2v) is 9.69. The van der Waals surface area contributed by atoms with Crippen molar-refractivity contribution < 1.29 is 14.3 Å². The first-order chi connectivity index (χ1) is 14.9. The van der Waals surface area contributed by atoms with Crippen LogP contribution in [0, 0.1) is 0 Å². The fraction of sp³-hybridized carbons (Fsp3) is 0.261. The Morgan fingerprint density at radius 3 is 2.87 bits per heavy atom. The number of amides is 1. The number of halogens is 2. The molecule has 2 heterocycles. The maximum Gasteiger partial charge on any atom is 0.328 e. The van der Waals surface area contributed by atoms with Gasteiger partial charge in [0.1, 0.15) is 6.04 Å². The molecule has 1 aliphatic rings. The smallest absolute Gasteiger partial charge is 0.328 e. The molecule has 0 radical (unpaired) electrons. The first kappa shape index (κ1) is 22.0. The third-order valence-electron chi connectivity index (χ3n) is 5.27. The van der Waals surface area contributed by atoms with Gasteiger partial charge in [-0.3, -0.25) is 4.79 Å². The van der Waals surface area contributed by atoms with Crippen molar-refractivity contribution in [3.05, 3.63) is 84.7 Å². The van der Waals surface area contributed by atoms with Crippen LogP contribution in [0.4, 0.5) is 0 Å². The van der Waals surface area contributed by atoms with Gasteiger partial charge in [-0.25, -0.2) is 9.78 Å². The van der Waals surface area contributed by atoms with Crippen molar-refractivity contribution in [1.82, 2.24) is 9.88 Å². The molecule has 0 bridgehead atoms. The number of rotatable bonds is 5. The van der Waals surface area contributed by atoms with Gasteiger partial charge in [0, 0.05) is 34.3 Å². The molecule has 0 N–H and O–H groups in total. The molecule has 1 atom stereocenters. The molecule has 160 valence electrons. The van der Waals surface area contributed by atoms with Crippen LogP contribution in [0.15, 0.2) is 52.3 Å². The van der Waals surface area contributed by atoms with Crippen molar-refractivity contribution in [2.24, 2.45) is 0 Å². The lowest BCUT2D eigenvalue weighted by Crippen LogP contribution is -2.49. The predicted octanol–water partition coefficient (Wildman–Crippen LogP) is 4.82. The third kappa shape index (κ3) is 5.17. The van der Waals surface area contributed by atoms with Gasteiger partial charge in [0.2, 0.25) is 5.91 Å². The summed E-state index contributed by atoms with van der Waals surface area (Å²) in [5.74, 6) is -0.539. The molecule has 0 aliphatic carbocycles. The normalized spacial score (nSPS) is 15.5. The Morgan fingerprint density at radius 1 is 1.26 bits per heavy atom. The van der Waals surface area contributed by atoms with E-state index in [1.165, 1.54) is 18.4 Å². The molecule has 0 spiro atoms. The molecule has 31 heavy (non-hydrogen) atoms. The van der Waals surface area contributed by atoms with Crippen LogP contribution in [0.2, 0.25) is 5.02 Å². The standard InChI is InChI=1S/C23H20BrClN2O3S/c1-30-23(29)20-10-15-5-6-17(24)9-16(15)12-27(20)22(28)11-19-13-31-21(26-19)8-14-3-2-4-18(25)7-14/h2-7,9,13,20H,8,10-12H2,1H3. The number of carbonyl (C=O) groups excluding carboxylic acids is 2. The summed E-state index contributed by atoms with van der Waals surface area (Å²) in [6.07, 6.45) is 1.25. The average molecular weight is 520 g/mol. The summed E-state index contributed by atoms with van der Waals surface area (Å²) in [6.45, 7) is 0.368. The summed E-state index contributed by atoms with van der Waals surface area (Å²) in [5.41, 5.74) is 3.86. The van der Waals surface area contributed by atoms with Gasteiger partial charge in [-0.1, -0.05) is 45.7 Å². The second-order valence-electron chi connectivity index (χ2n) is 7.39. The van der Waals surface area contributed by atoms with Gasteiger partial charge in [-0.2, -0.15) is 0 Å². The van der Waals surface area contributed by atoms with E-state index in [1.807, 2.05) is 47.8 Å². The highest BCUT2D eigenvalue weighted by Gasteiger charge is 2.35. The topological polar surface area (TPSA) is 59.5 Å². The molecule has 1 aliphatic heterocycles. The van der Waals surface area contributed by atoms with Gasteiger partial charge in [-0.15, -0.1) is 11.3 Å². The second kappa shape index (κ2) is 9.51. The van der Waals surface area contributed by atoms with E-state index in [1.54, 1.807) is 4.90 Å². The van der Waals surface area contributed by atoms with Gasteiger partial charge < -0.3 is 9.64 Å². The molecule has 0 fully saturated rings. The minimum absolute atomic E-state index is 0.138. The Morgan fingerprint density at radius 2 is 2.10 bits per heavy atom. The van der Waals surface area contributed by atoms with Crippen LogP contribution in [-0.4, -0.2) is 34.9 Å². The van der Waals surface area contributed by atoms with Crippen molar-refractivity contribution >= 4 is 50.7 Å². The van der Waals surface area contributed by atoms with E-state index in [4.69, 9.17) is 16.3 Å². The molecule has 3 aromatic rings. The van der Waals surface area contributed by atoms with E-state index < -0.39 is 12.0 Å². The van der Waals surface area contributed by atoms with Gasteiger partial charge >= 0.3 is 5.97 Å². The number of ether oxygens (including phenoxy) is 1. The Kier molecular flexibility index (Phi) is 6.74. The molecule has 1 unspecified atom stereocenters. The first-order valence-corrected chi connectivity index (χ1v) is 11.8. The SMILES string of the molecule is COC(=O)C1Cc2ccc(Br)cc2CN1C(=O)Cc1csc(Cc2cccc(Cl)c2)n1. The fourth-order valence-corrected chi connectivity index (χ4v) is 5.20. The number of hydrogen-bond acceptors (Lipinski definition) is 5. The van der Waals surface area contributed by atoms with Crippen LogP contribution in [0.1, 0.15) is 27.4 Å². The van der Waals surface area contributed by atoms with Gasteiger partial charge in [0.25, 0.3) is 0 Å². The number of carbonyl (C=O) groups is 2. The lowest BCUT2D eigenvalue weighted by atomic mass is 9.93. The molecule has 8 heteroatoms. The van der Waals surface area contributed by atoms with E-state index in [9.17, 15) is 9.59 Å². The van der Waals surface area contributed by atoms with Gasteiger partial charge in [0.15, 0.2) is 0 Å². The molecule has 1 aromatic heterocycles. The summed E-state index contributed by atoms with van der Waals surface area (Å²) in [5, 5.41) is 3.51. The van der Waals surface area contributed by atoms with Crippen LogP contribution in [0.25, 0.3) is 0 Å². The van der Waals surface area contributed by atoms with Crippen molar-refractivity contribution in [3.8, 4) is 0 Å². The monoisotopic (exact) mass is 518 g/mol. The summed E-state index contributed by atoms with van der Waals surface area (Å²) < 4.78 is 5.92. The number of esters is 1. The molecule has 5 nitrogen and oxygen atoms in total. The summed E-state index contributed by atoms with van der Waals surface area (Å²) in [4.78, 5) is 31.8. The van der Waals surface area contributed by atoms with Crippen LogP contribution in [-0.2, 0) is 40.1 Å². The Bertz CT molecular complexity index is 1130. The molecular formula is C23H20BrClN2O3S. The summed E-state index contributed by atoms with van der Waals surface area (Å²) in [7, 11) is 1.35. The molecule has 2 aromatic carbocycles. The Balaban J connectivity index is 1.50. The minimum Gasteiger partial charge on any atom is -0.467 e. The molecule has 0 saturated heterocycles. The van der Waals surface area contributed by atoms with Crippen LogP contribution >= 0.6 is 38.9 Å². The maximum atomic E-state index is 13.2. The number of hydrogen-bond donors (Lipinski definition) is 0. The average Bonchev–Trinajstić information content (AvgIpc) is 3.18. The number of thiazole rings is 1. The Hall–Kier alpha value is -2.22. The lowest BCUT2D eigenvalue weighted by Gasteiger charge is -2.35. The zero-order chi connectivity index (χ0) is 22.0. The largest absolute Gasteiger partial charge is 0.467 e. The maximum absolute atomic E-state index is 13.2. The van der Waals surface area contributed by atoms with E-state index in [0.717, 1.165) is 26.2 Å². The first-order valence-electron chi connectivity index (χ1n) is 9.75. The van der Waals surface area contributed by atoms with Crippen molar-refractivity contribution in [2.45, 2.75) is 31.8 Å². The molecule has 1 amide bonds.